The summed E-state index contributed by atoms with van der Waals surface area (Å²) < 4.78 is 86.4. The summed E-state index contributed by atoms with van der Waals surface area (Å²) in [6.45, 7) is 1.99. The molecule has 67 heavy (non-hydrogen) atoms. The van der Waals surface area contributed by atoms with Crippen LogP contribution in [0.2, 0.25) is 0 Å². The third-order valence-corrected chi connectivity index (χ3v) is 13.0. The highest BCUT2D eigenvalue weighted by Crippen LogP contribution is 2.36. The number of carbonyl (C=O) groups excluding carboxylic acids is 3. The number of hydrogen-bond donors (Lipinski definition) is 2. The highest BCUT2D eigenvalue weighted by Gasteiger charge is 2.35. The predicted octanol–water partition coefficient (Wildman–Crippen LogP) is 5.30. The second-order valence-corrected chi connectivity index (χ2v) is 17.3. The zero-order valence-electron chi connectivity index (χ0n) is 36.3. The lowest BCUT2D eigenvalue weighted by Gasteiger charge is -2.38. The van der Waals surface area contributed by atoms with E-state index >= 15 is 4.39 Å². The van der Waals surface area contributed by atoms with Crippen LogP contribution in [0.1, 0.15) is 90.6 Å². The third kappa shape index (κ3) is 9.85. The van der Waals surface area contributed by atoms with Gasteiger partial charge in [0.05, 0.1) is 59.9 Å². The number of rotatable bonds is 12. The molecular formula is C46H48F5N11O5. The summed E-state index contributed by atoms with van der Waals surface area (Å²) >= 11 is 0. The summed E-state index contributed by atoms with van der Waals surface area (Å²) in [5.41, 5.74) is 1.27. The van der Waals surface area contributed by atoms with Crippen LogP contribution in [-0.4, -0.2) is 128 Å². The first-order chi connectivity index (χ1) is 32.4. The van der Waals surface area contributed by atoms with Crippen molar-refractivity contribution in [2.75, 3.05) is 56.2 Å². The van der Waals surface area contributed by atoms with Gasteiger partial charge in [0.15, 0.2) is 11.3 Å². The van der Waals surface area contributed by atoms with Crippen molar-refractivity contribution in [2.24, 2.45) is 5.92 Å². The molecule has 1 aromatic carbocycles. The first-order valence-corrected chi connectivity index (χ1v) is 22.3. The number of anilines is 2. The number of imide groups is 1. The van der Waals surface area contributed by atoms with Crippen LogP contribution in [-0.2, 0) is 25.6 Å². The van der Waals surface area contributed by atoms with Gasteiger partial charge in [-0.3, -0.25) is 34.0 Å². The molecule has 1 unspecified atom stereocenters. The number of halogens is 5. The van der Waals surface area contributed by atoms with E-state index in [0.717, 1.165) is 18.2 Å². The Labute approximate surface area is 381 Å². The van der Waals surface area contributed by atoms with Gasteiger partial charge >= 0.3 is 0 Å². The Balaban J connectivity index is 0.764. The molecule has 3 aliphatic heterocycles. The maximum absolute atomic E-state index is 15.5. The lowest BCUT2D eigenvalue weighted by atomic mass is 9.85. The van der Waals surface area contributed by atoms with Gasteiger partial charge in [-0.2, -0.15) is 15.3 Å². The van der Waals surface area contributed by atoms with Crippen molar-refractivity contribution < 1.29 is 45.8 Å². The zero-order valence-corrected chi connectivity index (χ0v) is 36.3. The maximum atomic E-state index is 15.5. The van der Waals surface area contributed by atoms with Gasteiger partial charge in [-0.05, 0) is 56.6 Å². The standard InChI is InChI=1S/C46H48F5N11O5/c1-2-16-60-41-28(5-3-7-30(41)39(56-60)31-12-13-38(63)55-45(31)64)6-4-20-66-35-14-17-58(24-33(35)47)23-27-8-10-29(11-9-27)62-25-34(40(57-62)43(50)51)53-46(65)32-22-52-61-18-15-37(54-44(32)61)59-19-21-67-36(26-59)42(48)49/h1,3,5,7,15,18,22,25,27,29,31,33,35-36,42-43H,8-14,16-17,19-21,23-24,26H2,(H,53,65)(H,55,63,64)/t27?,29?,31?,33-,35+,36-/m1/s1. The van der Waals surface area contributed by atoms with Gasteiger partial charge in [-0.25, -0.2) is 31.5 Å². The van der Waals surface area contributed by atoms with Gasteiger partial charge < -0.3 is 19.7 Å². The van der Waals surface area contributed by atoms with E-state index in [9.17, 15) is 31.9 Å². The van der Waals surface area contributed by atoms with Crippen LogP contribution in [0, 0.1) is 30.1 Å². The minimum absolute atomic E-state index is 0.00259. The summed E-state index contributed by atoms with van der Waals surface area (Å²) in [5.74, 6) is 7.30. The van der Waals surface area contributed by atoms with E-state index in [-0.39, 0.29) is 74.0 Å². The number of benzene rings is 1. The average molecular weight is 930 g/mol. The third-order valence-electron chi connectivity index (χ3n) is 13.0. The number of carbonyl (C=O) groups is 3. The molecule has 1 saturated carbocycles. The Morgan fingerprint density at radius 3 is 2.64 bits per heavy atom. The van der Waals surface area contributed by atoms with E-state index in [1.165, 1.54) is 21.6 Å². The van der Waals surface area contributed by atoms with E-state index in [1.807, 2.05) is 18.2 Å². The second-order valence-electron chi connectivity index (χ2n) is 17.3. The maximum Gasteiger partial charge on any atom is 0.284 e. The normalized spacial score (nSPS) is 23.9. The molecule has 4 aliphatic rings. The first kappa shape index (κ1) is 45.7. The molecule has 9 rings (SSSR count). The summed E-state index contributed by atoms with van der Waals surface area (Å²) in [4.78, 5) is 46.2. The summed E-state index contributed by atoms with van der Waals surface area (Å²) in [7, 11) is 0. The number of nitrogens with one attached hydrogen (secondary N) is 2. The van der Waals surface area contributed by atoms with Crippen LogP contribution in [0.4, 0.5) is 33.5 Å². The van der Waals surface area contributed by atoms with Crippen molar-refractivity contribution in [1.82, 2.24) is 44.4 Å². The van der Waals surface area contributed by atoms with Crippen molar-refractivity contribution in [3.8, 4) is 24.2 Å². The minimum atomic E-state index is -2.97. The van der Waals surface area contributed by atoms with Gasteiger partial charge in [-0.1, -0.05) is 29.9 Å². The van der Waals surface area contributed by atoms with Crippen molar-refractivity contribution in [1.29, 1.82) is 0 Å². The molecule has 0 radical (unpaired) electrons. The largest absolute Gasteiger partial charge is 0.369 e. The van der Waals surface area contributed by atoms with E-state index in [1.54, 1.807) is 21.8 Å². The number of alkyl halides is 5. The lowest BCUT2D eigenvalue weighted by Crippen LogP contribution is -2.47. The molecule has 5 aromatic rings. The molecule has 0 spiro atoms. The highest BCUT2D eigenvalue weighted by atomic mass is 19.3. The number of aromatic nitrogens is 7. The Kier molecular flexibility index (Phi) is 13.5. The van der Waals surface area contributed by atoms with Gasteiger partial charge in [0.1, 0.15) is 36.8 Å². The van der Waals surface area contributed by atoms with E-state index in [2.05, 4.69) is 53.6 Å². The molecule has 4 atom stereocenters. The van der Waals surface area contributed by atoms with Gasteiger partial charge in [0.25, 0.3) is 18.8 Å². The number of fused-ring (bicyclic) bond motifs is 2. The van der Waals surface area contributed by atoms with Crippen LogP contribution >= 0.6 is 0 Å². The van der Waals surface area contributed by atoms with Crippen molar-refractivity contribution in [2.45, 2.75) is 94.7 Å². The number of ether oxygens (including phenoxy) is 2. The first-order valence-electron chi connectivity index (χ1n) is 22.3. The number of nitrogens with zero attached hydrogens (tertiary/aromatic N) is 9. The van der Waals surface area contributed by atoms with Crippen molar-refractivity contribution in [3.05, 3.63) is 65.4 Å². The van der Waals surface area contributed by atoms with Crippen LogP contribution in [0.3, 0.4) is 0 Å². The summed E-state index contributed by atoms with van der Waals surface area (Å²) in [6, 6.07) is 6.89. The highest BCUT2D eigenvalue weighted by molar-refractivity contribution is 6.08. The SMILES string of the molecule is C#CCn1nc(C2CCC(=O)NC2=O)c2cccc(C#CCO[C@H]3CCN(CC4CCC(n5cc(NC(=O)c6cnn7ccc(N8CCO[C@@H](C(F)F)C8)nc67)c(C(F)F)n5)CC4)C[C@H]3F)c21. The summed E-state index contributed by atoms with van der Waals surface area (Å²) in [6.07, 6.45) is 4.99. The molecule has 4 fully saturated rings. The quantitative estimate of drug-likeness (QED) is 0.0948. The predicted molar refractivity (Wildman–Crippen MR) is 233 cm³/mol. The molecule has 352 valence electrons. The number of terminal acetylenes is 1. The smallest absolute Gasteiger partial charge is 0.284 e. The van der Waals surface area contributed by atoms with Crippen LogP contribution < -0.4 is 15.5 Å². The number of piperidine rings is 2. The zero-order chi connectivity index (χ0) is 46.8. The van der Waals surface area contributed by atoms with E-state index in [0.29, 0.717) is 67.9 Å². The van der Waals surface area contributed by atoms with Gasteiger partial charge in [0.2, 0.25) is 11.8 Å². The molecule has 1 aliphatic carbocycles. The van der Waals surface area contributed by atoms with E-state index < -0.39 is 54.7 Å². The fourth-order valence-electron chi connectivity index (χ4n) is 9.58. The molecule has 3 saturated heterocycles. The summed E-state index contributed by atoms with van der Waals surface area (Å²) in [5, 5.41) is 18.7. The molecule has 3 amide bonds. The van der Waals surface area contributed by atoms with Gasteiger partial charge in [0, 0.05) is 50.4 Å². The topological polar surface area (TPSA) is 166 Å². The molecule has 4 aromatic heterocycles. The number of para-hydroxylation sites is 1. The minimum Gasteiger partial charge on any atom is -0.369 e. The van der Waals surface area contributed by atoms with Crippen LogP contribution in [0.25, 0.3) is 16.6 Å². The lowest BCUT2D eigenvalue weighted by molar-refractivity contribution is -0.134. The Morgan fingerprint density at radius 2 is 1.88 bits per heavy atom. The number of morpholine rings is 1. The number of likely N-dealkylation sites (tertiary alicyclic amines) is 1. The number of amides is 3. The van der Waals surface area contributed by atoms with Crippen molar-refractivity contribution >= 4 is 45.8 Å². The number of hydrogen-bond acceptors (Lipinski definition) is 11. The molecular weight excluding hydrogens is 882 g/mol. The fraction of sp³-hybridized carbons (Fsp3) is 0.500. The Hall–Kier alpha value is -6.42. The van der Waals surface area contributed by atoms with Crippen molar-refractivity contribution in [3.63, 3.8) is 0 Å². The Bertz CT molecular complexity index is 2750. The van der Waals surface area contributed by atoms with Gasteiger partial charge in [-0.15, -0.1) is 6.42 Å². The Morgan fingerprint density at radius 1 is 1.04 bits per heavy atom. The molecule has 16 nitrogen and oxygen atoms in total. The van der Waals surface area contributed by atoms with Crippen LogP contribution in [0.15, 0.2) is 42.9 Å². The fourth-order valence-corrected chi connectivity index (χ4v) is 9.58. The molecule has 7 heterocycles. The molecule has 0 bridgehead atoms. The van der Waals surface area contributed by atoms with E-state index in [4.69, 9.17) is 15.9 Å². The average Bonchev–Trinajstić information content (AvgIpc) is 4.05. The molecule has 2 N–H and O–H groups in total. The van der Waals surface area contributed by atoms with Crippen LogP contribution in [0.5, 0.6) is 0 Å². The second kappa shape index (κ2) is 19.8. The molecule has 21 heteroatoms. The monoisotopic (exact) mass is 929 g/mol.